The van der Waals surface area contributed by atoms with E-state index in [1.54, 1.807) is 32.9 Å². The van der Waals surface area contributed by atoms with Crippen LogP contribution in [0, 0.1) is 0 Å². The first-order valence-corrected chi connectivity index (χ1v) is 9.06. The fourth-order valence-corrected chi connectivity index (χ4v) is 2.57. The highest BCUT2D eigenvalue weighted by Crippen LogP contribution is 2.28. The number of phenolic OH excluding ortho intramolecular Hbond substituents is 1. The molecule has 0 fully saturated rings. The van der Waals surface area contributed by atoms with Crippen LogP contribution in [-0.2, 0) is 4.74 Å². The van der Waals surface area contributed by atoms with Crippen LogP contribution in [-0.4, -0.2) is 23.0 Å². The quantitative estimate of drug-likeness (QED) is 0.334. The second-order valence-corrected chi connectivity index (χ2v) is 7.31. The Morgan fingerprint density at radius 2 is 1.79 bits per heavy atom. The SMILES string of the molecule is CC(C)(C)OC(=O)N/N=C/c1cc(N=Nc2cccc3ccccc23)ccc1O. The number of aromatic hydroxyl groups is 1. The van der Waals surface area contributed by atoms with Gasteiger partial charge in [0.15, 0.2) is 0 Å². The van der Waals surface area contributed by atoms with Crippen LogP contribution in [0.25, 0.3) is 10.8 Å². The molecule has 0 radical (unpaired) electrons. The van der Waals surface area contributed by atoms with Crippen LogP contribution >= 0.6 is 0 Å². The van der Waals surface area contributed by atoms with Crippen molar-refractivity contribution < 1.29 is 14.6 Å². The van der Waals surface area contributed by atoms with Gasteiger partial charge in [0.2, 0.25) is 0 Å². The molecule has 0 aromatic heterocycles. The number of carbonyl (C=O) groups is 1. The van der Waals surface area contributed by atoms with Crippen LogP contribution in [0.2, 0.25) is 0 Å². The molecule has 7 heteroatoms. The van der Waals surface area contributed by atoms with Crippen molar-refractivity contribution >= 4 is 34.5 Å². The van der Waals surface area contributed by atoms with E-state index in [2.05, 4.69) is 20.8 Å². The van der Waals surface area contributed by atoms with E-state index in [9.17, 15) is 9.90 Å². The monoisotopic (exact) mass is 390 g/mol. The Labute approximate surface area is 168 Å². The summed E-state index contributed by atoms with van der Waals surface area (Å²) in [4.78, 5) is 11.6. The van der Waals surface area contributed by atoms with Gasteiger partial charge in [-0.05, 0) is 50.4 Å². The molecule has 0 atom stereocenters. The molecule has 0 heterocycles. The number of hydrazone groups is 1. The predicted octanol–water partition coefficient (Wildman–Crippen LogP) is 5.82. The summed E-state index contributed by atoms with van der Waals surface area (Å²) in [7, 11) is 0. The summed E-state index contributed by atoms with van der Waals surface area (Å²) in [5.74, 6) is 0.00356. The fourth-order valence-electron chi connectivity index (χ4n) is 2.57. The Bertz CT molecular complexity index is 1080. The molecule has 0 spiro atoms. The third-order valence-corrected chi connectivity index (χ3v) is 3.81. The van der Waals surface area contributed by atoms with Crippen LogP contribution < -0.4 is 5.43 Å². The second-order valence-electron chi connectivity index (χ2n) is 7.31. The number of phenols is 1. The smallest absolute Gasteiger partial charge is 0.428 e. The first kappa shape index (κ1) is 20.0. The van der Waals surface area contributed by atoms with E-state index in [1.807, 2.05) is 42.5 Å². The van der Waals surface area contributed by atoms with Crippen molar-refractivity contribution in [3.05, 3.63) is 66.2 Å². The Morgan fingerprint density at radius 1 is 1.03 bits per heavy atom. The normalized spacial score (nSPS) is 12.0. The van der Waals surface area contributed by atoms with Crippen LogP contribution in [0.1, 0.15) is 26.3 Å². The van der Waals surface area contributed by atoms with Crippen molar-refractivity contribution in [3.8, 4) is 5.75 Å². The Balaban J connectivity index is 1.76. The number of amides is 1. The standard InChI is InChI=1S/C22H22N4O3/c1-22(2,3)29-21(28)26-23-14-16-13-17(11-12-20(16)27)24-25-19-10-6-8-15-7-4-5-9-18(15)19/h4-14,27H,1-3H3,(H,26,28)/b23-14+,25-24?. The first-order valence-electron chi connectivity index (χ1n) is 9.06. The fraction of sp³-hybridized carbons (Fsp3) is 0.182. The largest absolute Gasteiger partial charge is 0.507 e. The molecule has 2 N–H and O–H groups in total. The molecule has 148 valence electrons. The minimum atomic E-state index is -0.681. The maximum atomic E-state index is 11.6. The van der Waals surface area contributed by atoms with Crippen molar-refractivity contribution in [2.24, 2.45) is 15.3 Å². The molecule has 7 nitrogen and oxygen atoms in total. The van der Waals surface area contributed by atoms with Gasteiger partial charge in [0, 0.05) is 10.9 Å². The molecule has 0 aliphatic rings. The number of hydrogen-bond donors (Lipinski definition) is 2. The number of fused-ring (bicyclic) bond motifs is 1. The van der Waals surface area contributed by atoms with Crippen molar-refractivity contribution in [2.45, 2.75) is 26.4 Å². The Hall–Kier alpha value is -3.74. The highest BCUT2D eigenvalue weighted by atomic mass is 16.6. The van der Waals surface area contributed by atoms with Crippen molar-refractivity contribution in [1.82, 2.24) is 5.43 Å². The van der Waals surface area contributed by atoms with Crippen molar-refractivity contribution in [3.63, 3.8) is 0 Å². The first-order chi connectivity index (χ1) is 13.8. The predicted molar refractivity (Wildman–Crippen MR) is 113 cm³/mol. The molecule has 3 aromatic rings. The van der Waals surface area contributed by atoms with E-state index < -0.39 is 11.7 Å². The highest BCUT2D eigenvalue weighted by molar-refractivity contribution is 5.92. The van der Waals surface area contributed by atoms with Gasteiger partial charge in [0.25, 0.3) is 0 Å². The average Bonchev–Trinajstić information content (AvgIpc) is 2.67. The molecular formula is C22H22N4O3. The number of nitrogens with one attached hydrogen (secondary N) is 1. The van der Waals surface area contributed by atoms with Gasteiger partial charge in [-0.1, -0.05) is 36.4 Å². The number of azo groups is 1. The lowest BCUT2D eigenvalue weighted by Gasteiger charge is -2.18. The molecule has 0 saturated carbocycles. The number of rotatable bonds is 4. The Kier molecular flexibility index (Phi) is 5.87. The number of nitrogens with zero attached hydrogens (tertiary/aromatic N) is 3. The molecule has 0 bridgehead atoms. The van der Waals surface area contributed by atoms with E-state index in [0.717, 1.165) is 16.5 Å². The molecule has 0 unspecified atom stereocenters. The molecule has 1 amide bonds. The number of carbonyl (C=O) groups excluding carboxylic acids is 1. The maximum absolute atomic E-state index is 11.6. The average molecular weight is 390 g/mol. The molecule has 3 rings (SSSR count). The summed E-state index contributed by atoms with van der Waals surface area (Å²) in [6.45, 7) is 5.27. The summed E-state index contributed by atoms with van der Waals surface area (Å²) in [5.41, 5.74) is 3.30. The summed E-state index contributed by atoms with van der Waals surface area (Å²) in [6.07, 6.45) is 0.635. The van der Waals surface area contributed by atoms with Gasteiger partial charge in [0.1, 0.15) is 11.4 Å². The Morgan fingerprint density at radius 3 is 2.59 bits per heavy atom. The highest BCUT2D eigenvalue weighted by Gasteiger charge is 2.15. The van der Waals surface area contributed by atoms with E-state index in [-0.39, 0.29) is 5.75 Å². The van der Waals surface area contributed by atoms with Gasteiger partial charge in [-0.3, -0.25) is 0 Å². The second kappa shape index (κ2) is 8.52. The third-order valence-electron chi connectivity index (χ3n) is 3.81. The summed E-state index contributed by atoms with van der Waals surface area (Å²) in [6, 6.07) is 18.5. The lowest BCUT2D eigenvalue weighted by molar-refractivity contribution is 0.0529. The van der Waals surface area contributed by atoms with Crippen LogP contribution in [0.4, 0.5) is 16.2 Å². The number of benzene rings is 3. The molecule has 3 aromatic carbocycles. The number of ether oxygens (including phenoxy) is 1. The zero-order valence-corrected chi connectivity index (χ0v) is 16.5. The molecule has 29 heavy (non-hydrogen) atoms. The summed E-state index contributed by atoms with van der Waals surface area (Å²) in [5, 5.41) is 24.5. The zero-order chi connectivity index (χ0) is 20.9. The minimum Gasteiger partial charge on any atom is -0.507 e. The van der Waals surface area contributed by atoms with Crippen LogP contribution in [0.15, 0.2) is 76.0 Å². The van der Waals surface area contributed by atoms with Gasteiger partial charge in [0.05, 0.1) is 17.6 Å². The molecule has 0 saturated heterocycles. The van der Waals surface area contributed by atoms with E-state index in [0.29, 0.717) is 11.3 Å². The van der Waals surface area contributed by atoms with Gasteiger partial charge < -0.3 is 9.84 Å². The van der Waals surface area contributed by atoms with Crippen molar-refractivity contribution in [1.29, 1.82) is 0 Å². The van der Waals surface area contributed by atoms with Gasteiger partial charge in [-0.2, -0.15) is 10.2 Å². The van der Waals surface area contributed by atoms with E-state index >= 15 is 0 Å². The van der Waals surface area contributed by atoms with Gasteiger partial charge in [-0.25, -0.2) is 10.2 Å². The third kappa shape index (κ3) is 5.62. The lowest BCUT2D eigenvalue weighted by atomic mass is 10.1. The van der Waals surface area contributed by atoms with Crippen LogP contribution in [0.5, 0.6) is 5.75 Å². The zero-order valence-electron chi connectivity index (χ0n) is 16.5. The van der Waals surface area contributed by atoms with Crippen LogP contribution in [0.3, 0.4) is 0 Å². The van der Waals surface area contributed by atoms with Crippen molar-refractivity contribution in [2.75, 3.05) is 0 Å². The summed E-state index contributed by atoms with van der Waals surface area (Å²) < 4.78 is 5.09. The molecular weight excluding hydrogens is 368 g/mol. The molecule has 0 aliphatic heterocycles. The molecule has 0 aliphatic carbocycles. The summed E-state index contributed by atoms with van der Waals surface area (Å²) >= 11 is 0. The van der Waals surface area contributed by atoms with E-state index in [1.165, 1.54) is 12.3 Å². The van der Waals surface area contributed by atoms with Gasteiger partial charge in [-0.15, -0.1) is 5.11 Å². The maximum Gasteiger partial charge on any atom is 0.428 e. The topological polar surface area (TPSA) is 95.6 Å². The lowest BCUT2D eigenvalue weighted by Crippen LogP contribution is -2.29. The van der Waals surface area contributed by atoms with Gasteiger partial charge >= 0.3 is 6.09 Å². The number of hydrogen-bond acceptors (Lipinski definition) is 6. The van der Waals surface area contributed by atoms with E-state index in [4.69, 9.17) is 4.74 Å². The minimum absolute atomic E-state index is 0.00356.